The molecule has 1 heterocycles. The van der Waals surface area contributed by atoms with E-state index in [4.69, 9.17) is 9.47 Å². The van der Waals surface area contributed by atoms with Gasteiger partial charge in [0.1, 0.15) is 0 Å². The Morgan fingerprint density at radius 1 is 1.12 bits per heavy atom. The molecule has 0 aromatic carbocycles. The molecule has 6 heteroatoms. The fraction of sp³-hybridized carbons (Fsp3) is 1.00. The molecule has 17 heavy (non-hydrogen) atoms. The molecule has 0 amide bonds. The van der Waals surface area contributed by atoms with Gasteiger partial charge >= 0.3 is 6.18 Å². The SMILES string of the molecule is CC(C)(OCCOC1CCSCC1)C(F)(F)F. The van der Waals surface area contributed by atoms with E-state index in [0.717, 1.165) is 38.2 Å². The zero-order valence-corrected chi connectivity index (χ0v) is 11.0. The molecule has 0 unspecified atom stereocenters. The molecule has 1 aliphatic rings. The molecule has 1 rings (SSSR count). The Hall–Kier alpha value is 0.0600. The van der Waals surface area contributed by atoms with Crippen LogP contribution in [0.25, 0.3) is 0 Å². The topological polar surface area (TPSA) is 18.5 Å². The molecule has 1 fully saturated rings. The number of rotatable bonds is 5. The zero-order valence-electron chi connectivity index (χ0n) is 10.2. The van der Waals surface area contributed by atoms with Crippen molar-refractivity contribution in [2.24, 2.45) is 0 Å². The third kappa shape index (κ3) is 5.06. The van der Waals surface area contributed by atoms with E-state index in [-0.39, 0.29) is 19.3 Å². The van der Waals surface area contributed by atoms with E-state index in [9.17, 15) is 13.2 Å². The number of ether oxygens (including phenoxy) is 2. The van der Waals surface area contributed by atoms with Crippen molar-refractivity contribution in [2.45, 2.75) is 44.6 Å². The summed E-state index contributed by atoms with van der Waals surface area (Å²) in [6.07, 6.45) is -2.19. The largest absolute Gasteiger partial charge is 0.416 e. The number of halogens is 3. The summed E-state index contributed by atoms with van der Waals surface area (Å²) in [5.41, 5.74) is -2.10. The average Bonchev–Trinajstić information content (AvgIpc) is 2.24. The second-order valence-electron chi connectivity index (χ2n) is 4.54. The summed E-state index contributed by atoms with van der Waals surface area (Å²) < 4.78 is 47.7. The van der Waals surface area contributed by atoms with Gasteiger partial charge in [0.2, 0.25) is 0 Å². The molecule has 0 saturated carbocycles. The molecular formula is C11H19F3O2S. The third-order valence-corrected chi connectivity index (χ3v) is 3.80. The van der Waals surface area contributed by atoms with Crippen molar-refractivity contribution in [3.63, 3.8) is 0 Å². The predicted molar refractivity (Wildman–Crippen MR) is 62.4 cm³/mol. The molecule has 0 N–H and O–H groups in total. The van der Waals surface area contributed by atoms with Gasteiger partial charge in [-0.1, -0.05) is 0 Å². The fourth-order valence-electron chi connectivity index (χ4n) is 1.44. The molecule has 0 bridgehead atoms. The Morgan fingerprint density at radius 2 is 1.71 bits per heavy atom. The van der Waals surface area contributed by atoms with Crippen LogP contribution in [0.5, 0.6) is 0 Å². The molecule has 1 saturated heterocycles. The van der Waals surface area contributed by atoms with Gasteiger partial charge < -0.3 is 9.47 Å². The van der Waals surface area contributed by atoms with Gasteiger partial charge in [0.25, 0.3) is 0 Å². The lowest BCUT2D eigenvalue weighted by Gasteiger charge is -2.28. The normalized spacial score (nSPS) is 19.6. The monoisotopic (exact) mass is 272 g/mol. The van der Waals surface area contributed by atoms with Crippen molar-refractivity contribution in [1.82, 2.24) is 0 Å². The summed E-state index contributed by atoms with van der Waals surface area (Å²) in [6, 6.07) is 0. The molecule has 0 radical (unpaired) electrons. The highest BCUT2D eigenvalue weighted by atomic mass is 32.2. The fourth-order valence-corrected chi connectivity index (χ4v) is 2.50. The van der Waals surface area contributed by atoms with Crippen LogP contribution in [0.3, 0.4) is 0 Å². The van der Waals surface area contributed by atoms with Crippen molar-refractivity contribution >= 4 is 11.8 Å². The van der Waals surface area contributed by atoms with Crippen LogP contribution < -0.4 is 0 Å². The van der Waals surface area contributed by atoms with E-state index >= 15 is 0 Å². The van der Waals surface area contributed by atoms with E-state index in [1.54, 1.807) is 0 Å². The smallest absolute Gasteiger partial charge is 0.376 e. The molecule has 0 atom stereocenters. The van der Waals surface area contributed by atoms with Crippen LogP contribution in [0.1, 0.15) is 26.7 Å². The van der Waals surface area contributed by atoms with Gasteiger partial charge in [-0.25, -0.2) is 0 Å². The minimum Gasteiger partial charge on any atom is -0.376 e. The quantitative estimate of drug-likeness (QED) is 0.716. The summed E-state index contributed by atoms with van der Waals surface area (Å²) >= 11 is 1.89. The van der Waals surface area contributed by atoms with E-state index in [1.165, 1.54) is 0 Å². The van der Waals surface area contributed by atoms with E-state index in [1.807, 2.05) is 11.8 Å². The second-order valence-corrected chi connectivity index (χ2v) is 5.76. The van der Waals surface area contributed by atoms with Gasteiger partial charge in [0, 0.05) is 0 Å². The number of hydrogen-bond donors (Lipinski definition) is 0. The Bertz CT molecular complexity index is 225. The van der Waals surface area contributed by atoms with Crippen molar-refractivity contribution in [2.75, 3.05) is 24.7 Å². The first-order valence-corrected chi connectivity index (χ1v) is 6.88. The molecule has 0 aromatic heterocycles. The van der Waals surface area contributed by atoms with Crippen LogP contribution in [0, 0.1) is 0 Å². The Labute approximate surface area is 104 Å². The maximum Gasteiger partial charge on any atom is 0.416 e. The standard InChI is InChI=1S/C11H19F3O2S/c1-10(2,11(12,13)14)16-6-5-15-9-3-7-17-8-4-9/h9H,3-8H2,1-2H3. The number of thioether (sulfide) groups is 1. The molecule has 0 aliphatic carbocycles. The van der Waals surface area contributed by atoms with Crippen molar-refractivity contribution in [1.29, 1.82) is 0 Å². The number of hydrogen-bond acceptors (Lipinski definition) is 3. The Morgan fingerprint density at radius 3 is 2.24 bits per heavy atom. The van der Waals surface area contributed by atoms with Gasteiger partial charge in [0.05, 0.1) is 19.3 Å². The second kappa shape index (κ2) is 6.29. The lowest BCUT2D eigenvalue weighted by molar-refractivity contribution is -0.266. The van der Waals surface area contributed by atoms with E-state index < -0.39 is 11.8 Å². The van der Waals surface area contributed by atoms with Crippen molar-refractivity contribution < 1.29 is 22.6 Å². The van der Waals surface area contributed by atoms with Crippen molar-refractivity contribution in [3.05, 3.63) is 0 Å². The first-order valence-electron chi connectivity index (χ1n) is 5.73. The summed E-state index contributed by atoms with van der Waals surface area (Å²) in [6.45, 7) is 2.28. The van der Waals surface area contributed by atoms with E-state index in [2.05, 4.69) is 0 Å². The highest BCUT2D eigenvalue weighted by Gasteiger charge is 2.48. The third-order valence-electron chi connectivity index (χ3n) is 2.75. The molecular weight excluding hydrogens is 253 g/mol. The van der Waals surface area contributed by atoms with Crippen molar-refractivity contribution in [3.8, 4) is 0 Å². The first-order chi connectivity index (χ1) is 7.83. The van der Waals surface area contributed by atoms with Crippen LogP contribution in [0.2, 0.25) is 0 Å². The van der Waals surface area contributed by atoms with Gasteiger partial charge in [-0.05, 0) is 38.2 Å². The van der Waals surface area contributed by atoms with Gasteiger partial charge in [-0.3, -0.25) is 0 Å². The minimum absolute atomic E-state index is 0.0177. The first kappa shape index (κ1) is 15.1. The lowest BCUT2D eigenvalue weighted by Crippen LogP contribution is -2.42. The van der Waals surface area contributed by atoms with Crippen LogP contribution in [-0.2, 0) is 9.47 Å². The minimum atomic E-state index is -4.34. The van der Waals surface area contributed by atoms with Gasteiger partial charge in [0.15, 0.2) is 5.60 Å². The van der Waals surface area contributed by atoms with E-state index in [0.29, 0.717) is 0 Å². The van der Waals surface area contributed by atoms with Gasteiger partial charge in [-0.15, -0.1) is 0 Å². The maximum absolute atomic E-state index is 12.4. The summed E-state index contributed by atoms with van der Waals surface area (Å²) in [5.74, 6) is 2.14. The highest BCUT2D eigenvalue weighted by Crippen LogP contribution is 2.32. The molecule has 2 nitrogen and oxygen atoms in total. The highest BCUT2D eigenvalue weighted by molar-refractivity contribution is 7.99. The summed E-state index contributed by atoms with van der Waals surface area (Å²) in [5, 5.41) is 0. The van der Waals surface area contributed by atoms with Crippen LogP contribution >= 0.6 is 11.8 Å². The zero-order chi connectivity index (χ0) is 12.9. The number of alkyl halides is 3. The van der Waals surface area contributed by atoms with Crippen LogP contribution in [0.4, 0.5) is 13.2 Å². The molecule has 1 aliphatic heterocycles. The average molecular weight is 272 g/mol. The molecule has 0 aromatic rings. The summed E-state index contributed by atoms with van der Waals surface area (Å²) in [4.78, 5) is 0. The van der Waals surface area contributed by atoms with Crippen LogP contribution in [-0.4, -0.2) is 42.6 Å². The maximum atomic E-state index is 12.4. The van der Waals surface area contributed by atoms with Gasteiger partial charge in [-0.2, -0.15) is 24.9 Å². The lowest BCUT2D eigenvalue weighted by atomic mass is 10.1. The summed E-state index contributed by atoms with van der Waals surface area (Å²) in [7, 11) is 0. The van der Waals surface area contributed by atoms with Crippen LogP contribution in [0.15, 0.2) is 0 Å². The Kier molecular flexibility index (Phi) is 5.60. The molecule has 102 valence electrons. The molecule has 0 spiro atoms. The Balaban J connectivity index is 2.15. The predicted octanol–water partition coefficient (Wildman–Crippen LogP) is 3.26.